The first kappa shape index (κ1) is 8.12. The SMILES string of the molecule is c1cc2c(c(OC[C@@H]3CO3)c1)CCO2. The number of benzene rings is 1. The van der Waals surface area contributed by atoms with Gasteiger partial charge in [0.2, 0.25) is 0 Å². The van der Waals surface area contributed by atoms with Crippen LogP contribution in [-0.2, 0) is 11.2 Å². The molecular weight excluding hydrogens is 180 g/mol. The van der Waals surface area contributed by atoms with Gasteiger partial charge >= 0.3 is 0 Å². The second kappa shape index (κ2) is 3.17. The molecule has 1 aromatic carbocycles. The monoisotopic (exact) mass is 192 g/mol. The van der Waals surface area contributed by atoms with Gasteiger partial charge < -0.3 is 14.2 Å². The average molecular weight is 192 g/mol. The van der Waals surface area contributed by atoms with Gasteiger partial charge in [0.05, 0.1) is 13.2 Å². The van der Waals surface area contributed by atoms with Crippen molar-refractivity contribution >= 4 is 0 Å². The summed E-state index contributed by atoms with van der Waals surface area (Å²) in [7, 11) is 0. The number of ether oxygens (including phenoxy) is 3. The normalized spacial score (nSPS) is 22.7. The molecule has 0 aliphatic carbocycles. The molecule has 74 valence electrons. The van der Waals surface area contributed by atoms with Crippen molar-refractivity contribution in [2.45, 2.75) is 12.5 Å². The molecule has 0 spiro atoms. The van der Waals surface area contributed by atoms with Crippen LogP contribution in [0.2, 0.25) is 0 Å². The molecule has 14 heavy (non-hydrogen) atoms. The maximum atomic E-state index is 5.67. The van der Waals surface area contributed by atoms with E-state index < -0.39 is 0 Å². The van der Waals surface area contributed by atoms with Gasteiger partial charge in [-0.15, -0.1) is 0 Å². The molecule has 2 aliphatic heterocycles. The molecule has 2 aliphatic rings. The first-order valence-electron chi connectivity index (χ1n) is 4.92. The smallest absolute Gasteiger partial charge is 0.126 e. The van der Waals surface area contributed by atoms with E-state index in [2.05, 4.69) is 0 Å². The van der Waals surface area contributed by atoms with Gasteiger partial charge in [-0.1, -0.05) is 6.07 Å². The van der Waals surface area contributed by atoms with E-state index in [0.717, 1.165) is 31.1 Å². The Morgan fingerprint density at radius 1 is 1.43 bits per heavy atom. The molecule has 3 heteroatoms. The van der Waals surface area contributed by atoms with Gasteiger partial charge in [-0.3, -0.25) is 0 Å². The third-order valence-electron chi connectivity index (χ3n) is 2.53. The van der Waals surface area contributed by atoms with Gasteiger partial charge in [-0.05, 0) is 12.1 Å². The summed E-state index contributed by atoms with van der Waals surface area (Å²) in [6.45, 7) is 2.28. The third-order valence-corrected chi connectivity index (χ3v) is 2.53. The number of hydrogen-bond acceptors (Lipinski definition) is 3. The van der Waals surface area contributed by atoms with Crippen LogP contribution in [0.1, 0.15) is 5.56 Å². The predicted octanol–water partition coefficient (Wildman–Crippen LogP) is 1.40. The molecule has 0 unspecified atom stereocenters. The molecule has 3 nitrogen and oxygen atoms in total. The first-order valence-corrected chi connectivity index (χ1v) is 4.92. The van der Waals surface area contributed by atoms with Gasteiger partial charge in [-0.2, -0.15) is 0 Å². The molecule has 3 rings (SSSR count). The Balaban J connectivity index is 1.78. The third kappa shape index (κ3) is 1.44. The molecule has 0 saturated carbocycles. The maximum Gasteiger partial charge on any atom is 0.126 e. The van der Waals surface area contributed by atoms with Crippen molar-refractivity contribution in [1.29, 1.82) is 0 Å². The van der Waals surface area contributed by atoms with E-state index in [1.807, 2.05) is 18.2 Å². The lowest BCUT2D eigenvalue weighted by Crippen LogP contribution is -2.05. The van der Waals surface area contributed by atoms with E-state index in [0.29, 0.717) is 12.7 Å². The average Bonchev–Trinajstić information content (AvgIpc) is 2.91. The first-order chi connectivity index (χ1) is 6.93. The van der Waals surface area contributed by atoms with E-state index in [1.54, 1.807) is 0 Å². The summed E-state index contributed by atoms with van der Waals surface area (Å²) in [6, 6.07) is 5.95. The summed E-state index contributed by atoms with van der Waals surface area (Å²) < 4.78 is 16.2. The van der Waals surface area contributed by atoms with Crippen LogP contribution in [0.25, 0.3) is 0 Å². The summed E-state index contributed by atoms with van der Waals surface area (Å²) in [4.78, 5) is 0. The highest BCUT2D eigenvalue weighted by atomic mass is 16.6. The largest absolute Gasteiger partial charge is 0.493 e. The zero-order valence-electron chi connectivity index (χ0n) is 7.86. The molecule has 0 N–H and O–H groups in total. The summed E-state index contributed by atoms with van der Waals surface area (Å²) >= 11 is 0. The minimum absolute atomic E-state index is 0.313. The Morgan fingerprint density at radius 2 is 2.36 bits per heavy atom. The lowest BCUT2D eigenvalue weighted by Gasteiger charge is -2.07. The van der Waals surface area contributed by atoms with E-state index in [9.17, 15) is 0 Å². The van der Waals surface area contributed by atoms with Crippen LogP contribution in [0, 0.1) is 0 Å². The van der Waals surface area contributed by atoms with E-state index in [-0.39, 0.29) is 0 Å². The summed E-state index contributed by atoms with van der Waals surface area (Å²) in [5, 5.41) is 0. The number of rotatable bonds is 3. The van der Waals surface area contributed by atoms with E-state index in [1.165, 1.54) is 5.56 Å². The van der Waals surface area contributed by atoms with Gasteiger partial charge in [0, 0.05) is 12.0 Å². The Morgan fingerprint density at radius 3 is 3.21 bits per heavy atom. The summed E-state index contributed by atoms with van der Waals surface area (Å²) in [5.74, 6) is 1.93. The van der Waals surface area contributed by atoms with Crippen molar-refractivity contribution in [3.05, 3.63) is 23.8 Å². The van der Waals surface area contributed by atoms with Crippen molar-refractivity contribution in [2.75, 3.05) is 19.8 Å². The second-order valence-electron chi connectivity index (χ2n) is 3.60. The maximum absolute atomic E-state index is 5.67. The van der Waals surface area contributed by atoms with Crippen molar-refractivity contribution in [3.8, 4) is 11.5 Å². The quantitative estimate of drug-likeness (QED) is 0.678. The highest BCUT2D eigenvalue weighted by Crippen LogP contribution is 2.33. The summed E-state index contributed by atoms with van der Waals surface area (Å²) in [6.07, 6.45) is 1.27. The highest BCUT2D eigenvalue weighted by Gasteiger charge is 2.24. The van der Waals surface area contributed by atoms with Crippen LogP contribution in [0.15, 0.2) is 18.2 Å². The van der Waals surface area contributed by atoms with Crippen LogP contribution in [0.4, 0.5) is 0 Å². The van der Waals surface area contributed by atoms with Gasteiger partial charge in [0.1, 0.15) is 24.2 Å². The Kier molecular flexibility index (Phi) is 1.84. The molecule has 1 aromatic rings. The van der Waals surface area contributed by atoms with E-state index in [4.69, 9.17) is 14.2 Å². The lowest BCUT2D eigenvalue weighted by molar-refractivity contribution is 0.261. The molecule has 1 atom stereocenters. The van der Waals surface area contributed by atoms with Gasteiger partial charge in [0.15, 0.2) is 0 Å². The molecule has 2 heterocycles. The van der Waals surface area contributed by atoms with E-state index >= 15 is 0 Å². The topological polar surface area (TPSA) is 31.0 Å². The van der Waals surface area contributed by atoms with Crippen LogP contribution in [0.5, 0.6) is 11.5 Å². The number of fused-ring (bicyclic) bond motifs is 1. The molecule has 1 fully saturated rings. The zero-order valence-corrected chi connectivity index (χ0v) is 7.86. The van der Waals surface area contributed by atoms with Crippen molar-refractivity contribution < 1.29 is 14.2 Å². The minimum Gasteiger partial charge on any atom is -0.493 e. The molecule has 1 saturated heterocycles. The molecule has 0 aromatic heterocycles. The Hall–Kier alpha value is -1.22. The molecule has 0 amide bonds. The lowest BCUT2D eigenvalue weighted by atomic mass is 10.1. The van der Waals surface area contributed by atoms with Crippen LogP contribution in [0.3, 0.4) is 0 Å². The second-order valence-corrected chi connectivity index (χ2v) is 3.60. The fourth-order valence-electron chi connectivity index (χ4n) is 1.67. The fraction of sp³-hybridized carbons (Fsp3) is 0.455. The number of epoxide rings is 1. The zero-order chi connectivity index (χ0) is 9.38. The molecule has 0 bridgehead atoms. The van der Waals surface area contributed by atoms with Crippen molar-refractivity contribution in [2.24, 2.45) is 0 Å². The van der Waals surface area contributed by atoms with Crippen molar-refractivity contribution in [3.63, 3.8) is 0 Å². The van der Waals surface area contributed by atoms with Crippen LogP contribution in [-0.4, -0.2) is 25.9 Å². The highest BCUT2D eigenvalue weighted by molar-refractivity contribution is 5.46. The fourth-order valence-corrected chi connectivity index (χ4v) is 1.67. The van der Waals surface area contributed by atoms with Crippen LogP contribution < -0.4 is 9.47 Å². The minimum atomic E-state index is 0.313. The molecule has 0 radical (unpaired) electrons. The molecular formula is C11H12O3. The van der Waals surface area contributed by atoms with Gasteiger partial charge in [-0.25, -0.2) is 0 Å². The Labute approximate surface area is 82.6 Å². The van der Waals surface area contributed by atoms with Crippen molar-refractivity contribution in [1.82, 2.24) is 0 Å². The van der Waals surface area contributed by atoms with Crippen LogP contribution >= 0.6 is 0 Å². The number of hydrogen-bond donors (Lipinski definition) is 0. The summed E-state index contributed by atoms with van der Waals surface area (Å²) in [5.41, 5.74) is 1.20. The van der Waals surface area contributed by atoms with Gasteiger partial charge in [0.25, 0.3) is 0 Å². The predicted molar refractivity (Wildman–Crippen MR) is 50.9 cm³/mol. The Bertz CT molecular complexity index is 344. The standard InChI is InChI=1S/C11H12O3/c1-2-10-9(4-5-12-10)11(3-1)14-7-8-6-13-8/h1-3,8H,4-7H2/t8-/m0/s1.